The minimum absolute atomic E-state index is 0.168. The quantitative estimate of drug-likeness (QED) is 0.776. The third-order valence-electron chi connectivity index (χ3n) is 5.44. The number of para-hydroxylation sites is 1. The number of nitrogens with one attached hydrogen (secondary N) is 2. The lowest BCUT2D eigenvalue weighted by Crippen LogP contribution is -2.42. The summed E-state index contributed by atoms with van der Waals surface area (Å²) in [5.41, 5.74) is 0.801. The van der Waals surface area contributed by atoms with Gasteiger partial charge in [-0.3, -0.25) is 9.59 Å². The SMILES string of the molecule is O=C(NC1CCCCC1)c1ccccc1NC(=O)[C@@H]1CC=CC[C@@H]1C(=O)[O-]. The molecule has 0 saturated heterocycles. The topological polar surface area (TPSA) is 98.3 Å². The molecule has 0 aromatic heterocycles. The van der Waals surface area contributed by atoms with Gasteiger partial charge >= 0.3 is 0 Å². The Morgan fingerprint density at radius 2 is 1.59 bits per heavy atom. The Balaban J connectivity index is 1.71. The molecule has 2 aliphatic carbocycles. The monoisotopic (exact) mass is 369 g/mol. The van der Waals surface area contributed by atoms with E-state index in [1.807, 2.05) is 6.08 Å². The first-order chi connectivity index (χ1) is 13.1. The van der Waals surface area contributed by atoms with Crippen molar-refractivity contribution in [3.63, 3.8) is 0 Å². The van der Waals surface area contributed by atoms with Gasteiger partial charge in [0.05, 0.1) is 17.2 Å². The van der Waals surface area contributed by atoms with Crippen LogP contribution in [0.1, 0.15) is 55.3 Å². The van der Waals surface area contributed by atoms with E-state index in [-0.39, 0.29) is 18.4 Å². The Morgan fingerprint density at radius 3 is 2.30 bits per heavy atom. The molecule has 1 saturated carbocycles. The summed E-state index contributed by atoms with van der Waals surface area (Å²) in [4.78, 5) is 36.7. The Kier molecular flexibility index (Phi) is 6.27. The number of allylic oxidation sites excluding steroid dienone is 2. The average Bonchev–Trinajstić information content (AvgIpc) is 2.69. The molecule has 27 heavy (non-hydrogen) atoms. The number of rotatable bonds is 5. The van der Waals surface area contributed by atoms with E-state index in [0.717, 1.165) is 25.7 Å². The van der Waals surface area contributed by atoms with E-state index >= 15 is 0 Å². The smallest absolute Gasteiger partial charge is 0.253 e. The summed E-state index contributed by atoms with van der Waals surface area (Å²) >= 11 is 0. The van der Waals surface area contributed by atoms with Crippen LogP contribution < -0.4 is 15.7 Å². The highest BCUT2D eigenvalue weighted by Gasteiger charge is 2.30. The number of carboxylic acids is 1. The van der Waals surface area contributed by atoms with Crippen LogP contribution in [0.2, 0.25) is 0 Å². The highest BCUT2D eigenvalue weighted by atomic mass is 16.4. The summed E-state index contributed by atoms with van der Waals surface area (Å²) in [5, 5.41) is 17.1. The van der Waals surface area contributed by atoms with Crippen LogP contribution in [0.4, 0.5) is 5.69 Å². The van der Waals surface area contributed by atoms with Gasteiger partial charge in [-0.2, -0.15) is 0 Å². The van der Waals surface area contributed by atoms with Gasteiger partial charge in [0.25, 0.3) is 5.91 Å². The molecule has 2 N–H and O–H groups in total. The van der Waals surface area contributed by atoms with Gasteiger partial charge in [0.1, 0.15) is 0 Å². The standard InChI is InChI=1S/C21H26N2O4/c24-19(15-10-4-5-11-16(15)21(26)27)23-18-13-7-6-12-17(18)20(25)22-14-8-2-1-3-9-14/h4-7,12-16H,1-3,8-11H2,(H,22,25)(H,23,24)(H,26,27)/p-1/t15-,16+/m1/s1. The Hall–Kier alpha value is -2.63. The summed E-state index contributed by atoms with van der Waals surface area (Å²) in [6, 6.07) is 6.99. The van der Waals surface area contributed by atoms with Gasteiger partial charge in [0.15, 0.2) is 0 Å². The zero-order valence-electron chi connectivity index (χ0n) is 15.3. The first-order valence-corrected chi connectivity index (χ1v) is 9.63. The molecule has 1 fully saturated rings. The van der Waals surface area contributed by atoms with E-state index < -0.39 is 23.7 Å². The predicted molar refractivity (Wildman–Crippen MR) is 99.8 cm³/mol. The van der Waals surface area contributed by atoms with Crippen LogP contribution in [-0.2, 0) is 9.59 Å². The fourth-order valence-corrected chi connectivity index (χ4v) is 3.89. The molecule has 0 unspecified atom stereocenters. The average molecular weight is 369 g/mol. The maximum Gasteiger partial charge on any atom is 0.253 e. The second-order valence-electron chi connectivity index (χ2n) is 7.32. The van der Waals surface area contributed by atoms with Crippen molar-refractivity contribution in [2.75, 3.05) is 5.32 Å². The number of carbonyl (C=O) groups is 3. The maximum atomic E-state index is 12.7. The van der Waals surface area contributed by atoms with E-state index in [2.05, 4.69) is 10.6 Å². The zero-order chi connectivity index (χ0) is 19.2. The number of hydrogen-bond donors (Lipinski definition) is 2. The van der Waals surface area contributed by atoms with Crippen molar-refractivity contribution >= 4 is 23.5 Å². The number of amides is 2. The molecule has 1 aromatic carbocycles. The van der Waals surface area contributed by atoms with E-state index in [0.29, 0.717) is 17.7 Å². The maximum absolute atomic E-state index is 12.7. The van der Waals surface area contributed by atoms with E-state index in [9.17, 15) is 19.5 Å². The van der Waals surface area contributed by atoms with E-state index in [4.69, 9.17) is 0 Å². The van der Waals surface area contributed by atoms with Crippen LogP contribution in [0.25, 0.3) is 0 Å². The normalized spacial score (nSPS) is 22.8. The molecule has 6 nitrogen and oxygen atoms in total. The number of aliphatic carboxylic acids is 1. The second kappa shape index (κ2) is 8.84. The lowest BCUT2D eigenvalue weighted by molar-refractivity contribution is -0.313. The summed E-state index contributed by atoms with van der Waals surface area (Å²) in [5.74, 6) is -3.38. The molecule has 0 heterocycles. The van der Waals surface area contributed by atoms with Crippen LogP contribution in [0, 0.1) is 11.8 Å². The summed E-state index contributed by atoms with van der Waals surface area (Å²) in [6.07, 6.45) is 9.58. The van der Waals surface area contributed by atoms with Gasteiger partial charge in [0.2, 0.25) is 5.91 Å². The molecular weight excluding hydrogens is 344 g/mol. The minimum atomic E-state index is -1.22. The number of benzene rings is 1. The summed E-state index contributed by atoms with van der Waals surface area (Å²) < 4.78 is 0. The fourth-order valence-electron chi connectivity index (χ4n) is 3.89. The Bertz CT molecular complexity index is 737. The first-order valence-electron chi connectivity index (χ1n) is 9.63. The van der Waals surface area contributed by atoms with Gasteiger partial charge in [-0.15, -0.1) is 0 Å². The van der Waals surface area contributed by atoms with Gasteiger partial charge in [0, 0.05) is 17.9 Å². The number of hydrogen-bond acceptors (Lipinski definition) is 4. The molecule has 0 spiro atoms. The molecule has 0 bridgehead atoms. The molecule has 144 valence electrons. The van der Waals surface area contributed by atoms with Crippen LogP contribution >= 0.6 is 0 Å². The highest BCUT2D eigenvalue weighted by Crippen LogP contribution is 2.27. The molecule has 2 amide bonds. The van der Waals surface area contributed by atoms with Crippen molar-refractivity contribution in [3.05, 3.63) is 42.0 Å². The summed E-state index contributed by atoms with van der Waals surface area (Å²) in [6.45, 7) is 0. The van der Waals surface area contributed by atoms with Crippen molar-refractivity contribution in [1.29, 1.82) is 0 Å². The second-order valence-corrected chi connectivity index (χ2v) is 7.32. The van der Waals surface area contributed by atoms with Crippen LogP contribution in [0.5, 0.6) is 0 Å². The van der Waals surface area contributed by atoms with Crippen LogP contribution in [-0.4, -0.2) is 23.8 Å². The molecule has 0 aliphatic heterocycles. The van der Waals surface area contributed by atoms with Crippen molar-refractivity contribution in [2.45, 2.75) is 51.0 Å². The van der Waals surface area contributed by atoms with Gasteiger partial charge < -0.3 is 20.5 Å². The fraction of sp³-hybridized carbons (Fsp3) is 0.476. The molecule has 0 radical (unpaired) electrons. The molecule has 2 aliphatic rings. The van der Waals surface area contributed by atoms with Crippen molar-refractivity contribution in [3.8, 4) is 0 Å². The van der Waals surface area contributed by atoms with Gasteiger partial charge in [-0.25, -0.2) is 0 Å². The molecule has 3 rings (SSSR count). The molecule has 2 atom stereocenters. The summed E-state index contributed by atoms with van der Waals surface area (Å²) in [7, 11) is 0. The Morgan fingerprint density at radius 1 is 0.926 bits per heavy atom. The molecule has 6 heteroatoms. The molecule has 1 aromatic rings. The zero-order valence-corrected chi connectivity index (χ0v) is 15.3. The lowest BCUT2D eigenvalue weighted by Gasteiger charge is -2.28. The van der Waals surface area contributed by atoms with Crippen molar-refractivity contribution in [2.24, 2.45) is 11.8 Å². The largest absolute Gasteiger partial charge is 0.550 e. The van der Waals surface area contributed by atoms with Gasteiger partial charge in [-0.1, -0.05) is 43.5 Å². The Labute approximate surface area is 159 Å². The molecular formula is C21H25N2O4-. The van der Waals surface area contributed by atoms with Crippen LogP contribution in [0.15, 0.2) is 36.4 Å². The number of carboxylic acid groups (broad SMARTS) is 1. The lowest BCUT2D eigenvalue weighted by atomic mass is 9.82. The van der Waals surface area contributed by atoms with E-state index in [1.165, 1.54) is 6.42 Å². The van der Waals surface area contributed by atoms with Crippen LogP contribution in [0.3, 0.4) is 0 Å². The predicted octanol–water partition coefficient (Wildman–Crippen LogP) is 2.02. The first kappa shape index (κ1) is 19.1. The van der Waals surface area contributed by atoms with Crippen molar-refractivity contribution in [1.82, 2.24) is 5.32 Å². The highest BCUT2D eigenvalue weighted by molar-refractivity contribution is 6.04. The van der Waals surface area contributed by atoms with Gasteiger partial charge in [-0.05, 0) is 37.8 Å². The third kappa shape index (κ3) is 4.76. The number of carbonyl (C=O) groups excluding carboxylic acids is 3. The van der Waals surface area contributed by atoms with Crippen molar-refractivity contribution < 1.29 is 19.5 Å². The minimum Gasteiger partial charge on any atom is -0.550 e. The number of anilines is 1. The third-order valence-corrected chi connectivity index (χ3v) is 5.44. The van der Waals surface area contributed by atoms with E-state index in [1.54, 1.807) is 30.3 Å².